The van der Waals surface area contributed by atoms with Crippen molar-refractivity contribution in [2.75, 3.05) is 57.4 Å². The lowest BCUT2D eigenvalue weighted by Gasteiger charge is -2.27. The van der Waals surface area contributed by atoms with Gasteiger partial charge in [-0.25, -0.2) is 4.79 Å². The van der Waals surface area contributed by atoms with Crippen molar-refractivity contribution in [2.24, 2.45) is 28.7 Å². The van der Waals surface area contributed by atoms with Crippen LogP contribution in [-0.2, 0) is 52.6 Å². The van der Waals surface area contributed by atoms with Crippen molar-refractivity contribution >= 4 is 65.1 Å². The number of aliphatic carboxylic acids is 1. The standard InChI is InChI=1S/C64H123N11O13S/c1-3-5-6-7-8-9-10-11-12-13-17-20-23-39-58(79)88-49(46-87-57(78)38-22-19-16-14-15-18-21-32-44-70-56(77)33-4-2)47-89-48-50(69)59(80)75-55(45-76)63(84)73-52(35-25-29-41-66)61(82)71-51(34-24-28-40-65)60(81)72-53(36-26-30-42-67)62(83)74-54(64(85)86)37-27-31-43-68/h49-55,76H,3-48,65-69H2,1-2H3,(H,70,77)(H,71,82)(H,72,81)(H,73,84)(H,74,83)(H,75,80)(H,85,86)/t49-,50+,51+,52+,53+,54+,55+/m1/s1. The summed E-state index contributed by atoms with van der Waals surface area (Å²) in [6, 6.07) is -7.66. The first-order chi connectivity index (χ1) is 43.0. The van der Waals surface area contributed by atoms with E-state index in [1.807, 2.05) is 6.92 Å². The fourth-order valence-electron chi connectivity index (χ4n) is 9.90. The van der Waals surface area contributed by atoms with Crippen LogP contribution in [-0.4, -0.2) is 163 Å². The number of esters is 2. The monoisotopic (exact) mass is 1290 g/mol. The molecule has 0 heterocycles. The number of hydrogen-bond donors (Lipinski definition) is 13. The Labute approximate surface area is 537 Å². The molecule has 0 aromatic rings. The molecule has 0 aliphatic rings. The lowest BCUT2D eigenvalue weighted by molar-refractivity contribution is -0.157. The molecule has 0 radical (unpaired) electrons. The molecule has 24 nitrogen and oxygen atoms in total. The van der Waals surface area contributed by atoms with E-state index in [0.29, 0.717) is 96.8 Å². The summed E-state index contributed by atoms with van der Waals surface area (Å²) in [6.45, 7) is 5.11. The second-order valence-corrected chi connectivity index (χ2v) is 24.6. The van der Waals surface area contributed by atoms with E-state index in [9.17, 15) is 53.4 Å². The van der Waals surface area contributed by atoms with Crippen LogP contribution in [0.25, 0.3) is 0 Å². The zero-order chi connectivity index (χ0) is 66.1. The minimum Gasteiger partial charge on any atom is -0.480 e. The van der Waals surface area contributed by atoms with E-state index in [2.05, 4.69) is 38.8 Å². The lowest BCUT2D eigenvalue weighted by atomic mass is 10.0. The molecule has 89 heavy (non-hydrogen) atoms. The first-order valence-electron chi connectivity index (χ1n) is 34.1. The Morgan fingerprint density at radius 2 is 0.787 bits per heavy atom. The van der Waals surface area contributed by atoms with Crippen molar-refractivity contribution in [3.05, 3.63) is 0 Å². The Bertz CT molecular complexity index is 1900. The van der Waals surface area contributed by atoms with Crippen LogP contribution in [0.15, 0.2) is 0 Å². The molecular weight excluding hydrogens is 1160 g/mol. The first-order valence-corrected chi connectivity index (χ1v) is 35.3. The summed E-state index contributed by atoms with van der Waals surface area (Å²) in [5.41, 5.74) is 29.1. The molecule has 0 aliphatic carbocycles. The van der Waals surface area contributed by atoms with E-state index in [0.717, 1.165) is 70.6 Å². The van der Waals surface area contributed by atoms with Gasteiger partial charge in [-0.1, -0.05) is 129 Å². The average molecular weight is 1290 g/mol. The molecule has 0 bridgehead atoms. The van der Waals surface area contributed by atoms with Crippen molar-refractivity contribution < 1.29 is 62.8 Å². The number of ether oxygens (including phenoxy) is 2. The second-order valence-electron chi connectivity index (χ2n) is 23.6. The summed E-state index contributed by atoms with van der Waals surface area (Å²) in [5, 5.41) is 36.1. The van der Waals surface area contributed by atoms with Gasteiger partial charge in [0.2, 0.25) is 35.4 Å². The van der Waals surface area contributed by atoms with Crippen LogP contribution in [0, 0.1) is 0 Å². The highest BCUT2D eigenvalue weighted by Crippen LogP contribution is 2.17. The molecule has 18 N–H and O–H groups in total. The fourth-order valence-corrected chi connectivity index (χ4v) is 10.9. The summed E-state index contributed by atoms with van der Waals surface area (Å²) in [5.74, 6) is -5.75. The van der Waals surface area contributed by atoms with Gasteiger partial charge in [-0.3, -0.25) is 38.4 Å². The van der Waals surface area contributed by atoms with Crippen molar-refractivity contribution in [1.82, 2.24) is 31.9 Å². The van der Waals surface area contributed by atoms with Gasteiger partial charge in [0.25, 0.3) is 0 Å². The first kappa shape index (κ1) is 84.3. The number of unbranched alkanes of at least 4 members (excludes halogenated alkanes) is 23. The molecule has 25 heteroatoms. The third kappa shape index (κ3) is 47.0. The van der Waals surface area contributed by atoms with E-state index in [1.165, 1.54) is 69.5 Å². The number of carbonyl (C=O) groups excluding carboxylic acids is 8. The maximum Gasteiger partial charge on any atom is 0.326 e. The van der Waals surface area contributed by atoms with Crippen LogP contribution in [0.5, 0.6) is 0 Å². The van der Waals surface area contributed by atoms with Gasteiger partial charge in [-0.2, -0.15) is 11.8 Å². The number of amides is 6. The Kier molecular flexibility index (Phi) is 55.4. The Balaban J connectivity index is 5.81. The van der Waals surface area contributed by atoms with Crippen LogP contribution >= 0.6 is 11.8 Å². The van der Waals surface area contributed by atoms with Crippen molar-refractivity contribution in [3.8, 4) is 0 Å². The number of thioether (sulfide) groups is 1. The molecule has 0 rings (SSSR count). The molecule has 0 unspecified atom stereocenters. The number of rotatable bonds is 62. The molecule has 0 saturated carbocycles. The Morgan fingerprint density at radius 1 is 0.416 bits per heavy atom. The highest BCUT2D eigenvalue weighted by atomic mass is 32.2. The van der Waals surface area contributed by atoms with Gasteiger partial charge in [0, 0.05) is 37.3 Å². The third-order valence-electron chi connectivity index (χ3n) is 15.4. The number of hydrogen-bond acceptors (Lipinski definition) is 18. The molecule has 6 amide bonds. The quantitative estimate of drug-likeness (QED) is 0.0267. The predicted octanol–water partition coefficient (Wildman–Crippen LogP) is 5.43. The Hall–Kier alpha value is -4.66. The highest BCUT2D eigenvalue weighted by molar-refractivity contribution is 7.99. The maximum absolute atomic E-state index is 14.1. The topological polar surface area (TPSA) is 415 Å². The summed E-state index contributed by atoms with van der Waals surface area (Å²) in [4.78, 5) is 119. The van der Waals surface area contributed by atoms with Gasteiger partial charge in [-0.15, -0.1) is 0 Å². The number of carbonyl (C=O) groups is 9. The van der Waals surface area contributed by atoms with Crippen LogP contribution < -0.4 is 60.6 Å². The molecule has 0 fully saturated rings. The Morgan fingerprint density at radius 3 is 1.19 bits per heavy atom. The van der Waals surface area contributed by atoms with Crippen molar-refractivity contribution in [2.45, 2.75) is 294 Å². The normalized spacial score (nSPS) is 13.6. The summed E-state index contributed by atoms with van der Waals surface area (Å²) in [6.07, 6.45) is 28.0. The number of aliphatic hydroxyl groups is 1. The van der Waals surface area contributed by atoms with Gasteiger partial charge in [0.15, 0.2) is 0 Å². The van der Waals surface area contributed by atoms with Gasteiger partial charge in [0.05, 0.1) is 12.6 Å². The molecule has 7 atom stereocenters. The van der Waals surface area contributed by atoms with E-state index in [1.54, 1.807) is 0 Å². The van der Waals surface area contributed by atoms with E-state index in [-0.39, 0.29) is 69.1 Å². The number of aliphatic hydroxyl groups excluding tert-OH is 1. The minimum atomic E-state index is -1.55. The summed E-state index contributed by atoms with van der Waals surface area (Å²) in [7, 11) is 0. The smallest absolute Gasteiger partial charge is 0.326 e. The van der Waals surface area contributed by atoms with E-state index in [4.69, 9.17) is 38.1 Å². The second kappa shape index (κ2) is 58.4. The van der Waals surface area contributed by atoms with Crippen LogP contribution in [0.3, 0.4) is 0 Å². The maximum atomic E-state index is 14.1. The summed E-state index contributed by atoms with van der Waals surface area (Å²) >= 11 is 1.18. The zero-order valence-corrected chi connectivity index (χ0v) is 55.6. The molecule has 0 saturated heterocycles. The van der Waals surface area contributed by atoms with E-state index < -0.39 is 96.4 Å². The molecular formula is C64H123N11O13S. The molecule has 0 spiro atoms. The molecule has 0 aromatic carbocycles. The zero-order valence-electron chi connectivity index (χ0n) is 54.7. The number of carboxylic acids is 1. The van der Waals surface area contributed by atoms with Gasteiger partial charge in [0.1, 0.15) is 42.9 Å². The van der Waals surface area contributed by atoms with Gasteiger partial charge < -0.3 is 80.3 Å². The van der Waals surface area contributed by atoms with Crippen LogP contribution in [0.4, 0.5) is 0 Å². The fraction of sp³-hybridized carbons (Fsp3) is 0.859. The number of carboxylic acid groups (broad SMARTS) is 1. The number of nitrogens with one attached hydrogen (secondary N) is 6. The molecule has 518 valence electrons. The van der Waals surface area contributed by atoms with Crippen molar-refractivity contribution in [3.63, 3.8) is 0 Å². The van der Waals surface area contributed by atoms with Crippen molar-refractivity contribution in [1.29, 1.82) is 0 Å². The third-order valence-corrected chi connectivity index (χ3v) is 16.6. The highest BCUT2D eigenvalue weighted by Gasteiger charge is 2.33. The largest absolute Gasteiger partial charge is 0.480 e. The average Bonchev–Trinajstić information content (AvgIpc) is 3.31. The van der Waals surface area contributed by atoms with E-state index >= 15 is 0 Å². The van der Waals surface area contributed by atoms with Crippen LogP contribution in [0.2, 0.25) is 0 Å². The molecule has 0 aliphatic heterocycles. The molecule has 0 aromatic heterocycles. The number of nitrogens with two attached hydrogens (primary N) is 5. The van der Waals surface area contributed by atoms with Gasteiger partial charge in [-0.05, 0) is 129 Å². The van der Waals surface area contributed by atoms with Crippen LogP contribution in [0.1, 0.15) is 251 Å². The predicted molar refractivity (Wildman–Crippen MR) is 352 cm³/mol. The van der Waals surface area contributed by atoms with Gasteiger partial charge >= 0.3 is 17.9 Å². The SMILES string of the molecule is CCCCCCCCCCCCCCCC(=O)O[C@H](COC(=O)CCCCCCCCCCNC(=O)CCC)CSC[C@H](N)C(=O)N[C@@H](CO)C(=O)N[C@@H](CCCCN)C(=O)N[C@@H](CCCCN)C(=O)N[C@@H](CCCCN)C(=O)N[C@@H](CCCCN)C(=O)O. The summed E-state index contributed by atoms with van der Waals surface area (Å²) < 4.78 is 11.4. The minimum absolute atomic E-state index is 0.00975. The lowest BCUT2D eigenvalue weighted by Crippen LogP contribution is -2.59.